The highest BCUT2D eigenvalue weighted by atomic mass is 16.7. The van der Waals surface area contributed by atoms with Gasteiger partial charge in [-0.05, 0) is 27.7 Å². The second-order valence-electron chi connectivity index (χ2n) is 8.13. The largest absolute Gasteiger partial charge is 0.462 e. The predicted octanol–water partition coefficient (Wildman–Crippen LogP) is 0.234. The fraction of sp³-hybridized carbons (Fsp3) is 0.778. The first-order valence-electron chi connectivity index (χ1n) is 8.89. The molecule has 9 heteroatoms. The van der Waals surface area contributed by atoms with E-state index in [0.717, 1.165) is 0 Å². The molecule has 6 atom stereocenters. The molecule has 0 radical (unpaired) electrons. The lowest BCUT2D eigenvalue weighted by atomic mass is 9.82. The average Bonchev–Trinajstić information content (AvgIpc) is 2.74. The van der Waals surface area contributed by atoms with Crippen LogP contribution in [0.2, 0.25) is 0 Å². The molecule has 27 heavy (non-hydrogen) atoms. The van der Waals surface area contributed by atoms with E-state index in [9.17, 15) is 24.3 Å². The quantitative estimate of drug-likeness (QED) is 0.406. The van der Waals surface area contributed by atoms with E-state index in [0.29, 0.717) is 0 Å². The summed E-state index contributed by atoms with van der Waals surface area (Å²) in [4.78, 5) is 49.1. The number of carbonyl (C=O) groups is 4. The Labute approximate surface area is 157 Å². The summed E-state index contributed by atoms with van der Waals surface area (Å²) in [5, 5.41) is 10.5. The molecule has 1 N–H and O–H groups in total. The van der Waals surface area contributed by atoms with E-state index in [1.54, 1.807) is 34.6 Å². The molecule has 0 aliphatic carbocycles. The SMILES string of the molecule is CC(=O)OC(C)C1C(=O)N2C(C(=O)OCOC(=O)C(C)(C)C)C(C)C(O)[C@H]12. The van der Waals surface area contributed by atoms with Gasteiger partial charge in [-0.15, -0.1) is 0 Å². The fourth-order valence-corrected chi connectivity index (χ4v) is 3.59. The number of amides is 1. The number of hydrogen-bond acceptors (Lipinski definition) is 8. The summed E-state index contributed by atoms with van der Waals surface area (Å²) in [6.07, 6.45) is -1.67. The van der Waals surface area contributed by atoms with Gasteiger partial charge in [-0.25, -0.2) is 4.79 Å². The summed E-state index contributed by atoms with van der Waals surface area (Å²) in [5.74, 6) is -3.46. The van der Waals surface area contributed by atoms with E-state index >= 15 is 0 Å². The minimum absolute atomic E-state index is 0.384. The Bertz CT molecular complexity index is 640. The van der Waals surface area contributed by atoms with Gasteiger partial charge in [0.1, 0.15) is 12.1 Å². The molecule has 152 valence electrons. The number of carbonyl (C=O) groups excluding carboxylic acids is 4. The van der Waals surface area contributed by atoms with Crippen molar-refractivity contribution in [3.63, 3.8) is 0 Å². The maximum Gasteiger partial charge on any atom is 0.332 e. The lowest BCUT2D eigenvalue weighted by molar-refractivity contribution is -0.186. The van der Waals surface area contributed by atoms with Crippen LogP contribution >= 0.6 is 0 Å². The van der Waals surface area contributed by atoms with Crippen molar-refractivity contribution in [2.24, 2.45) is 17.3 Å². The van der Waals surface area contributed by atoms with Crippen molar-refractivity contribution in [3.8, 4) is 0 Å². The number of rotatable bonds is 5. The molecule has 2 saturated heterocycles. The van der Waals surface area contributed by atoms with Gasteiger partial charge in [0.25, 0.3) is 0 Å². The third kappa shape index (κ3) is 3.92. The lowest BCUT2D eigenvalue weighted by Gasteiger charge is -2.47. The standard InChI is InChI=1S/C18H27NO8/c1-8-12(16(23)25-7-26-17(24)18(4,5)6)19-13(14(8)21)11(15(19)22)9(2)27-10(3)20/h8-9,11-14,21H,7H2,1-6H3/t8?,9?,11?,12?,13-,14?/m0/s1. The number of β-lactam (4-membered cyclic amide) rings is 1. The van der Waals surface area contributed by atoms with Crippen molar-refractivity contribution < 1.29 is 38.5 Å². The van der Waals surface area contributed by atoms with Crippen molar-refractivity contribution in [1.82, 2.24) is 4.90 Å². The van der Waals surface area contributed by atoms with Gasteiger partial charge in [0, 0.05) is 12.8 Å². The third-order valence-corrected chi connectivity index (χ3v) is 5.02. The highest BCUT2D eigenvalue weighted by Crippen LogP contribution is 2.45. The Hall–Kier alpha value is -2.16. The van der Waals surface area contributed by atoms with Crippen LogP contribution in [-0.4, -0.2) is 64.9 Å². The van der Waals surface area contributed by atoms with E-state index in [-0.39, 0.29) is 5.91 Å². The monoisotopic (exact) mass is 385 g/mol. The molecule has 0 bridgehead atoms. The van der Waals surface area contributed by atoms with Crippen LogP contribution in [0.1, 0.15) is 41.5 Å². The van der Waals surface area contributed by atoms with E-state index in [1.165, 1.54) is 11.8 Å². The van der Waals surface area contributed by atoms with Crippen LogP contribution < -0.4 is 0 Å². The molecule has 0 aromatic rings. The van der Waals surface area contributed by atoms with Gasteiger partial charge in [0.15, 0.2) is 0 Å². The topological polar surface area (TPSA) is 119 Å². The summed E-state index contributed by atoms with van der Waals surface area (Å²) in [6, 6.07) is -1.61. The van der Waals surface area contributed by atoms with Crippen LogP contribution in [0.4, 0.5) is 0 Å². The molecule has 0 spiro atoms. The molecule has 5 unspecified atom stereocenters. The number of nitrogens with zero attached hydrogens (tertiary/aromatic N) is 1. The average molecular weight is 385 g/mol. The molecule has 0 aromatic heterocycles. The Kier molecular flexibility index (Phi) is 5.84. The normalized spacial score (nSPS) is 30.9. The lowest BCUT2D eigenvalue weighted by Crippen LogP contribution is -2.67. The second kappa shape index (κ2) is 7.46. The van der Waals surface area contributed by atoms with Crippen LogP contribution in [0.25, 0.3) is 0 Å². The molecular formula is C18H27NO8. The minimum atomic E-state index is -0.980. The highest BCUT2D eigenvalue weighted by Gasteiger charge is 2.65. The predicted molar refractivity (Wildman–Crippen MR) is 90.8 cm³/mol. The summed E-state index contributed by atoms with van der Waals surface area (Å²) < 4.78 is 15.0. The second-order valence-corrected chi connectivity index (χ2v) is 8.13. The van der Waals surface area contributed by atoms with Crippen LogP contribution in [0.3, 0.4) is 0 Å². The van der Waals surface area contributed by atoms with E-state index < -0.39 is 66.2 Å². The number of esters is 3. The summed E-state index contributed by atoms with van der Waals surface area (Å²) in [7, 11) is 0. The van der Waals surface area contributed by atoms with Crippen LogP contribution in [-0.2, 0) is 33.4 Å². The number of aliphatic hydroxyl groups is 1. The van der Waals surface area contributed by atoms with Crippen molar-refractivity contribution in [2.75, 3.05) is 6.79 Å². The maximum atomic E-state index is 12.5. The smallest absolute Gasteiger partial charge is 0.332 e. The van der Waals surface area contributed by atoms with Crippen LogP contribution in [0.5, 0.6) is 0 Å². The van der Waals surface area contributed by atoms with Gasteiger partial charge in [-0.3, -0.25) is 14.4 Å². The Morgan fingerprint density at radius 1 is 1.22 bits per heavy atom. The Balaban J connectivity index is 2.01. The fourth-order valence-electron chi connectivity index (χ4n) is 3.59. The van der Waals surface area contributed by atoms with E-state index in [1.807, 2.05) is 0 Å². The first-order valence-corrected chi connectivity index (χ1v) is 8.89. The molecule has 1 amide bonds. The van der Waals surface area contributed by atoms with E-state index in [2.05, 4.69) is 0 Å². The van der Waals surface area contributed by atoms with Crippen LogP contribution in [0, 0.1) is 17.3 Å². The van der Waals surface area contributed by atoms with Crippen molar-refractivity contribution in [1.29, 1.82) is 0 Å². The number of fused-ring (bicyclic) bond motifs is 1. The highest BCUT2D eigenvalue weighted by molar-refractivity contribution is 5.93. The maximum absolute atomic E-state index is 12.5. The zero-order valence-electron chi connectivity index (χ0n) is 16.4. The van der Waals surface area contributed by atoms with Gasteiger partial charge in [0.05, 0.1) is 23.5 Å². The van der Waals surface area contributed by atoms with Gasteiger partial charge in [0.2, 0.25) is 12.7 Å². The molecule has 2 rings (SSSR count). The Morgan fingerprint density at radius 2 is 1.81 bits per heavy atom. The number of hydrogen-bond donors (Lipinski definition) is 1. The van der Waals surface area contributed by atoms with E-state index in [4.69, 9.17) is 14.2 Å². The minimum Gasteiger partial charge on any atom is -0.462 e. The van der Waals surface area contributed by atoms with Gasteiger partial charge >= 0.3 is 17.9 Å². The number of ether oxygens (including phenoxy) is 3. The zero-order chi connectivity index (χ0) is 20.7. The molecule has 2 fully saturated rings. The summed E-state index contributed by atoms with van der Waals surface area (Å²) >= 11 is 0. The third-order valence-electron chi connectivity index (χ3n) is 5.02. The van der Waals surface area contributed by atoms with Crippen molar-refractivity contribution in [3.05, 3.63) is 0 Å². The first kappa shape index (κ1) is 21.1. The molecule has 0 aromatic carbocycles. The summed E-state index contributed by atoms with van der Waals surface area (Å²) in [6.45, 7) is 8.90. The number of aliphatic hydroxyl groups excluding tert-OH is 1. The molecule has 2 aliphatic rings. The molecule has 9 nitrogen and oxygen atoms in total. The van der Waals surface area contributed by atoms with Crippen LogP contribution in [0.15, 0.2) is 0 Å². The Morgan fingerprint density at radius 3 is 2.33 bits per heavy atom. The molecule has 0 saturated carbocycles. The van der Waals surface area contributed by atoms with Gasteiger partial charge in [-0.2, -0.15) is 0 Å². The van der Waals surface area contributed by atoms with Gasteiger partial charge < -0.3 is 24.2 Å². The molecule has 2 heterocycles. The first-order chi connectivity index (χ1) is 12.4. The van der Waals surface area contributed by atoms with Gasteiger partial charge in [-0.1, -0.05) is 6.92 Å². The van der Waals surface area contributed by atoms with Crippen molar-refractivity contribution >= 4 is 23.8 Å². The summed E-state index contributed by atoms with van der Waals surface area (Å²) in [5.41, 5.74) is -0.734. The van der Waals surface area contributed by atoms with Crippen molar-refractivity contribution in [2.45, 2.75) is 65.8 Å². The zero-order valence-corrected chi connectivity index (χ0v) is 16.4. The molecular weight excluding hydrogens is 358 g/mol. The molecule has 2 aliphatic heterocycles.